The maximum absolute atomic E-state index is 12.8. The van der Waals surface area contributed by atoms with Gasteiger partial charge in [-0.15, -0.1) is 11.3 Å². The summed E-state index contributed by atoms with van der Waals surface area (Å²) >= 11 is 1.28. The number of ether oxygens (including phenoxy) is 1. The molecule has 132 valence electrons. The minimum Gasteiger partial charge on any atom is -0.497 e. The van der Waals surface area contributed by atoms with E-state index in [2.05, 4.69) is 4.98 Å². The van der Waals surface area contributed by atoms with E-state index < -0.39 is 12.0 Å². The van der Waals surface area contributed by atoms with Crippen molar-refractivity contribution < 1.29 is 19.4 Å². The molecule has 0 radical (unpaired) electrons. The van der Waals surface area contributed by atoms with E-state index in [1.54, 1.807) is 7.11 Å². The normalized spacial score (nSPS) is 20.3. The number of aliphatic carboxylic acids is 1. The molecule has 1 saturated heterocycles. The standard InChI is InChI=1S/C18H20N2O4S/c1-11-7-8-20(14(9-11)18(22)23)17(21)15-10-19-16(25-15)12-3-5-13(24-2)6-4-12/h3-6,10-11,14H,7-9H2,1-2H3,(H,22,23). The van der Waals surface area contributed by atoms with Gasteiger partial charge in [-0.3, -0.25) is 4.79 Å². The molecule has 7 heteroatoms. The van der Waals surface area contributed by atoms with Crippen molar-refractivity contribution in [3.63, 3.8) is 0 Å². The summed E-state index contributed by atoms with van der Waals surface area (Å²) in [5, 5.41) is 10.2. The Hall–Kier alpha value is -2.41. The number of hydrogen-bond acceptors (Lipinski definition) is 5. The van der Waals surface area contributed by atoms with Gasteiger partial charge in [-0.2, -0.15) is 0 Å². The number of methoxy groups -OCH3 is 1. The first kappa shape index (κ1) is 17.4. The highest BCUT2D eigenvalue weighted by molar-refractivity contribution is 7.16. The van der Waals surface area contributed by atoms with Crippen molar-refractivity contribution in [1.82, 2.24) is 9.88 Å². The third-order valence-corrected chi connectivity index (χ3v) is 5.50. The Morgan fingerprint density at radius 2 is 2.04 bits per heavy atom. The molecule has 2 atom stereocenters. The van der Waals surface area contributed by atoms with Crippen LogP contribution < -0.4 is 4.74 Å². The molecule has 1 fully saturated rings. The van der Waals surface area contributed by atoms with Crippen molar-refractivity contribution >= 4 is 23.2 Å². The summed E-state index contributed by atoms with van der Waals surface area (Å²) in [5.41, 5.74) is 0.895. The molecule has 1 amide bonds. The molecular weight excluding hydrogens is 340 g/mol. The van der Waals surface area contributed by atoms with Gasteiger partial charge in [-0.1, -0.05) is 6.92 Å². The highest BCUT2D eigenvalue weighted by Gasteiger charge is 2.35. The average Bonchev–Trinajstić information content (AvgIpc) is 3.11. The molecule has 1 N–H and O–H groups in total. The number of piperidine rings is 1. The molecular formula is C18H20N2O4S. The number of carboxylic acids is 1. The van der Waals surface area contributed by atoms with Crippen LogP contribution in [-0.2, 0) is 4.79 Å². The fourth-order valence-corrected chi connectivity index (χ4v) is 3.88. The molecule has 2 unspecified atom stereocenters. The number of benzene rings is 1. The highest BCUT2D eigenvalue weighted by atomic mass is 32.1. The fraction of sp³-hybridized carbons (Fsp3) is 0.389. The van der Waals surface area contributed by atoms with Crippen LogP contribution in [-0.4, -0.2) is 46.6 Å². The van der Waals surface area contributed by atoms with Crippen molar-refractivity contribution in [2.24, 2.45) is 5.92 Å². The van der Waals surface area contributed by atoms with E-state index in [1.165, 1.54) is 22.4 Å². The third kappa shape index (κ3) is 3.66. The van der Waals surface area contributed by atoms with Gasteiger partial charge in [0.1, 0.15) is 21.7 Å². The van der Waals surface area contributed by atoms with Gasteiger partial charge in [0.2, 0.25) is 0 Å². The smallest absolute Gasteiger partial charge is 0.326 e. The molecule has 0 spiro atoms. The van der Waals surface area contributed by atoms with E-state index in [9.17, 15) is 14.7 Å². The van der Waals surface area contributed by atoms with Crippen LogP contribution in [0.25, 0.3) is 10.6 Å². The molecule has 1 aliphatic heterocycles. The van der Waals surface area contributed by atoms with Crippen molar-refractivity contribution in [2.45, 2.75) is 25.8 Å². The number of carbonyl (C=O) groups is 2. The van der Waals surface area contributed by atoms with E-state index >= 15 is 0 Å². The van der Waals surface area contributed by atoms with Crippen molar-refractivity contribution in [3.05, 3.63) is 35.3 Å². The summed E-state index contributed by atoms with van der Waals surface area (Å²) in [5.74, 6) is -0.138. The minimum atomic E-state index is -0.945. The second-order valence-corrected chi connectivity index (χ2v) is 7.27. The zero-order valence-electron chi connectivity index (χ0n) is 14.1. The van der Waals surface area contributed by atoms with Crippen LogP contribution in [0.15, 0.2) is 30.5 Å². The van der Waals surface area contributed by atoms with E-state index in [-0.39, 0.29) is 5.91 Å². The van der Waals surface area contributed by atoms with Gasteiger partial charge in [0.25, 0.3) is 5.91 Å². The van der Waals surface area contributed by atoms with Crippen molar-refractivity contribution in [2.75, 3.05) is 13.7 Å². The number of hydrogen-bond donors (Lipinski definition) is 1. The van der Waals surface area contributed by atoms with E-state index in [4.69, 9.17) is 4.74 Å². The Kier molecular flexibility index (Phi) is 5.03. The topological polar surface area (TPSA) is 79.7 Å². The molecule has 3 rings (SSSR count). The van der Waals surface area contributed by atoms with Gasteiger partial charge in [0.15, 0.2) is 0 Å². The molecule has 0 saturated carbocycles. The van der Waals surface area contributed by atoms with Crippen LogP contribution in [0.4, 0.5) is 0 Å². The first-order valence-corrected chi connectivity index (χ1v) is 8.95. The van der Waals surface area contributed by atoms with Crippen LogP contribution in [0.2, 0.25) is 0 Å². The van der Waals surface area contributed by atoms with Crippen LogP contribution >= 0.6 is 11.3 Å². The number of nitrogens with zero attached hydrogens (tertiary/aromatic N) is 2. The molecule has 0 bridgehead atoms. The predicted molar refractivity (Wildman–Crippen MR) is 95.0 cm³/mol. The number of carboxylic acid groups (broad SMARTS) is 1. The van der Waals surface area contributed by atoms with Crippen LogP contribution in [0.1, 0.15) is 29.4 Å². The molecule has 25 heavy (non-hydrogen) atoms. The quantitative estimate of drug-likeness (QED) is 0.906. The zero-order chi connectivity index (χ0) is 18.0. The minimum absolute atomic E-state index is 0.253. The molecule has 1 aromatic carbocycles. The van der Waals surface area contributed by atoms with E-state index in [0.717, 1.165) is 22.7 Å². The maximum atomic E-state index is 12.8. The lowest BCUT2D eigenvalue weighted by molar-refractivity contribution is -0.144. The molecule has 6 nitrogen and oxygen atoms in total. The molecule has 2 aromatic rings. The monoisotopic (exact) mass is 360 g/mol. The van der Waals surface area contributed by atoms with Gasteiger partial charge in [-0.05, 0) is 43.0 Å². The Bertz CT molecular complexity index is 772. The lowest BCUT2D eigenvalue weighted by atomic mass is 9.92. The van der Waals surface area contributed by atoms with E-state index in [0.29, 0.717) is 23.8 Å². The van der Waals surface area contributed by atoms with E-state index in [1.807, 2.05) is 31.2 Å². The number of rotatable bonds is 4. The lowest BCUT2D eigenvalue weighted by Crippen LogP contribution is -2.49. The van der Waals surface area contributed by atoms with Crippen LogP contribution in [0.5, 0.6) is 5.75 Å². The number of amides is 1. The first-order valence-electron chi connectivity index (χ1n) is 8.13. The Labute approximate surface area is 150 Å². The fourth-order valence-electron chi connectivity index (χ4n) is 3.00. The van der Waals surface area contributed by atoms with Crippen LogP contribution in [0.3, 0.4) is 0 Å². The highest BCUT2D eigenvalue weighted by Crippen LogP contribution is 2.30. The SMILES string of the molecule is COc1ccc(-c2ncc(C(=O)N3CCC(C)CC3C(=O)O)s2)cc1. The molecule has 2 heterocycles. The van der Waals surface area contributed by atoms with Crippen molar-refractivity contribution in [1.29, 1.82) is 0 Å². The molecule has 1 aromatic heterocycles. The average molecular weight is 360 g/mol. The Morgan fingerprint density at radius 3 is 2.68 bits per heavy atom. The van der Waals surface area contributed by atoms with Gasteiger partial charge in [-0.25, -0.2) is 9.78 Å². The second kappa shape index (κ2) is 7.23. The summed E-state index contributed by atoms with van der Waals surface area (Å²) < 4.78 is 5.14. The van der Waals surface area contributed by atoms with Crippen molar-refractivity contribution in [3.8, 4) is 16.3 Å². The number of carbonyl (C=O) groups excluding carboxylic acids is 1. The summed E-state index contributed by atoms with van der Waals surface area (Å²) in [4.78, 5) is 30.6. The number of thiazole rings is 1. The van der Waals surface area contributed by atoms with Gasteiger partial charge < -0.3 is 14.7 Å². The molecule has 1 aliphatic rings. The first-order chi connectivity index (χ1) is 12.0. The number of aromatic nitrogens is 1. The van der Waals surface area contributed by atoms with Gasteiger partial charge in [0, 0.05) is 12.1 Å². The maximum Gasteiger partial charge on any atom is 0.326 e. The largest absolute Gasteiger partial charge is 0.497 e. The Morgan fingerprint density at radius 1 is 1.32 bits per heavy atom. The molecule has 0 aliphatic carbocycles. The second-order valence-electron chi connectivity index (χ2n) is 6.24. The van der Waals surface area contributed by atoms with Gasteiger partial charge in [0.05, 0.1) is 13.3 Å². The predicted octanol–water partition coefficient (Wildman–Crippen LogP) is 3.14. The third-order valence-electron chi connectivity index (χ3n) is 4.46. The van der Waals surface area contributed by atoms with Crippen LogP contribution in [0, 0.1) is 5.92 Å². The Balaban J connectivity index is 1.80. The summed E-state index contributed by atoms with van der Waals surface area (Å²) in [6, 6.07) is 6.68. The summed E-state index contributed by atoms with van der Waals surface area (Å²) in [7, 11) is 1.60. The number of likely N-dealkylation sites (tertiary alicyclic amines) is 1. The van der Waals surface area contributed by atoms with Gasteiger partial charge >= 0.3 is 5.97 Å². The summed E-state index contributed by atoms with van der Waals surface area (Å²) in [6.45, 7) is 2.49. The zero-order valence-corrected chi connectivity index (χ0v) is 15.0. The lowest BCUT2D eigenvalue weighted by Gasteiger charge is -2.35. The summed E-state index contributed by atoms with van der Waals surface area (Å²) in [6.07, 6.45) is 2.84.